The van der Waals surface area contributed by atoms with E-state index < -0.39 is 29.6 Å². The van der Waals surface area contributed by atoms with Gasteiger partial charge in [0.25, 0.3) is 0 Å². The second kappa shape index (κ2) is 9.69. The van der Waals surface area contributed by atoms with Crippen molar-refractivity contribution in [2.24, 2.45) is 5.92 Å². The van der Waals surface area contributed by atoms with Gasteiger partial charge in [0, 0.05) is 24.8 Å². The van der Waals surface area contributed by atoms with Gasteiger partial charge in [0.05, 0.1) is 11.6 Å². The number of alkyl halides is 2. The molecular formula is C28H31F2N3O6. The van der Waals surface area contributed by atoms with Crippen LogP contribution in [0.4, 0.5) is 25.0 Å². The average molecular weight is 544 g/mol. The number of nitrogens with zero attached hydrogens (tertiary/aromatic N) is 2. The molecule has 9 nitrogen and oxygen atoms in total. The number of carbonyl (C=O) groups excluding carboxylic acids is 3. The van der Waals surface area contributed by atoms with E-state index in [1.54, 1.807) is 43.9 Å². The fourth-order valence-corrected chi connectivity index (χ4v) is 5.11. The first kappa shape index (κ1) is 26.7. The molecule has 0 spiro atoms. The van der Waals surface area contributed by atoms with Crippen LogP contribution < -0.4 is 15.0 Å². The summed E-state index contributed by atoms with van der Waals surface area (Å²) in [5.74, 6) is -2.90. The number of amides is 3. The number of phenolic OH excluding ortho intramolecular Hbond substituents is 1. The zero-order valence-corrected chi connectivity index (χ0v) is 21.9. The van der Waals surface area contributed by atoms with Crippen LogP contribution in [0.25, 0.3) is 0 Å². The summed E-state index contributed by atoms with van der Waals surface area (Å²) in [4.78, 5) is 42.1. The van der Waals surface area contributed by atoms with Crippen molar-refractivity contribution in [3.05, 3.63) is 48.0 Å². The molecule has 0 unspecified atom stereocenters. The molecule has 0 aromatic heterocycles. The lowest BCUT2D eigenvalue weighted by Crippen LogP contribution is -2.51. The number of halogens is 2. The summed E-state index contributed by atoms with van der Waals surface area (Å²) in [6.07, 6.45) is -2.52. The first-order valence-corrected chi connectivity index (χ1v) is 12.9. The molecule has 2 atom stereocenters. The minimum absolute atomic E-state index is 0.0467. The van der Waals surface area contributed by atoms with Crippen LogP contribution in [0.5, 0.6) is 11.5 Å². The van der Waals surface area contributed by atoms with E-state index in [1.807, 2.05) is 6.07 Å². The average Bonchev–Trinajstić information content (AvgIpc) is 3.68. The molecule has 3 amide bonds. The fraction of sp³-hybridized carbons (Fsp3) is 0.464. The Morgan fingerprint density at radius 2 is 1.90 bits per heavy atom. The van der Waals surface area contributed by atoms with Gasteiger partial charge in [-0.15, -0.1) is 0 Å². The number of hydrogen-bond donors (Lipinski definition) is 2. The summed E-state index contributed by atoms with van der Waals surface area (Å²) in [6.45, 7) is 5.80. The van der Waals surface area contributed by atoms with E-state index in [-0.39, 0.29) is 41.6 Å². The lowest BCUT2D eigenvalue weighted by molar-refractivity contribution is -0.189. The van der Waals surface area contributed by atoms with Gasteiger partial charge in [-0.25, -0.2) is 4.79 Å². The number of carbonyl (C=O) groups is 3. The summed E-state index contributed by atoms with van der Waals surface area (Å²) < 4.78 is 37.6. The predicted molar refractivity (Wildman–Crippen MR) is 138 cm³/mol. The van der Waals surface area contributed by atoms with Crippen molar-refractivity contribution in [3.63, 3.8) is 0 Å². The van der Waals surface area contributed by atoms with Crippen LogP contribution in [0.1, 0.15) is 51.5 Å². The van der Waals surface area contributed by atoms with Gasteiger partial charge in [-0.2, -0.15) is 8.78 Å². The minimum Gasteiger partial charge on any atom is -0.508 e. The molecule has 5 rings (SSSR count). The third-order valence-corrected chi connectivity index (χ3v) is 7.02. The molecule has 11 heteroatoms. The number of aromatic hydroxyl groups is 1. The highest BCUT2D eigenvalue weighted by Crippen LogP contribution is 2.43. The number of hydrogen-bond acceptors (Lipinski definition) is 6. The molecule has 2 heterocycles. The Balaban J connectivity index is 1.48. The number of rotatable bonds is 4. The van der Waals surface area contributed by atoms with Crippen LogP contribution >= 0.6 is 0 Å². The summed E-state index contributed by atoms with van der Waals surface area (Å²) in [6, 6.07) is 10.9. The molecule has 1 saturated carbocycles. The molecule has 2 fully saturated rings. The Morgan fingerprint density at radius 3 is 2.56 bits per heavy atom. The zero-order chi connectivity index (χ0) is 28.1. The monoisotopic (exact) mass is 543 g/mol. The summed E-state index contributed by atoms with van der Waals surface area (Å²) in [5.41, 5.74) is 0.552. The zero-order valence-electron chi connectivity index (χ0n) is 21.9. The highest BCUT2D eigenvalue weighted by molar-refractivity contribution is 6.01. The van der Waals surface area contributed by atoms with E-state index in [9.17, 15) is 28.3 Å². The van der Waals surface area contributed by atoms with E-state index in [1.165, 1.54) is 23.1 Å². The van der Waals surface area contributed by atoms with Crippen molar-refractivity contribution in [2.75, 3.05) is 23.3 Å². The van der Waals surface area contributed by atoms with Crippen molar-refractivity contribution in [2.45, 2.75) is 63.7 Å². The van der Waals surface area contributed by atoms with E-state index in [2.05, 4.69) is 10.1 Å². The Morgan fingerprint density at radius 1 is 1.15 bits per heavy atom. The third-order valence-electron chi connectivity index (χ3n) is 7.02. The van der Waals surface area contributed by atoms with Crippen LogP contribution in [0, 0.1) is 5.92 Å². The van der Waals surface area contributed by atoms with Gasteiger partial charge in [0.1, 0.15) is 11.4 Å². The van der Waals surface area contributed by atoms with Crippen LogP contribution in [0.3, 0.4) is 0 Å². The van der Waals surface area contributed by atoms with Crippen molar-refractivity contribution in [1.29, 1.82) is 0 Å². The van der Waals surface area contributed by atoms with Gasteiger partial charge in [-0.1, -0.05) is 12.1 Å². The molecule has 39 heavy (non-hydrogen) atoms. The number of ether oxygens (including phenoxy) is 2. The third kappa shape index (κ3) is 5.62. The number of piperidine rings is 1. The standard InChI is InChI=1S/C28H31F2N3O6/c1-27(2,3)39-26(37)32-12-11-20(16-5-4-6-19(34)13-16)21(15-32)24(35)33(17-7-8-17)18-9-10-23-22(14-18)31-25(36)28(29,30)38-23/h4-6,9-10,13-14,17,20-21,34H,7-8,11-12,15H2,1-3H3,(H,31,36)/t20-,21+/m1/s1. The first-order chi connectivity index (χ1) is 18.3. The molecule has 0 bridgehead atoms. The van der Waals surface area contributed by atoms with Crippen molar-refractivity contribution >= 4 is 29.3 Å². The number of likely N-dealkylation sites (tertiary alicyclic amines) is 1. The van der Waals surface area contributed by atoms with E-state index >= 15 is 0 Å². The fourth-order valence-electron chi connectivity index (χ4n) is 5.11. The topological polar surface area (TPSA) is 108 Å². The molecule has 1 saturated heterocycles. The molecule has 2 aromatic carbocycles. The second-order valence-electron chi connectivity index (χ2n) is 11.2. The lowest BCUT2D eigenvalue weighted by Gasteiger charge is -2.40. The highest BCUT2D eigenvalue weighted by atomic mass is 19.3. The van der Waals surface area contributed by atoms with E-state index in [4.69, 9.17) is 4.74 Å². The maximum Gasteiger partial charge on any atom is 0.482 e. The quantitative estimate of drug-likeness (QED) is 0.571. The first-order valence-electron chi connectivity index (χ1n) is 12.9. The van der Waals surface area contributed by atoms with Gasteiger partial charge in [0.15, 0.2) is 5.75 Å². The minimum atomic E-state index is -3.98. The summed E-state index contributed by atoms with van der Waals surface area (Å²) in [5, 5.41) is 12.3. The Labute approximate surface area is 224 Å². The lowest BCUT2D eigenvalue weighted by atomic mass is 9.79. The number of benzene rings is 2. The van der Waals surface area contributed by atoms with Crippen LogP contribution in [0.15, 0.2) is 42.5 Å². The van der Waals surface area contributed by atoms with Crippen molar-refractivity contribution < 1.29 is 37.7 Å². The van der Waals surface area contributed by atoms with Crippen LogP contribution in [-0.4, -0.2) is 58.8 Å². The van der Waals surface area contributed by atoms with Gasteiger partial charge in [0.2, 0.25) is 5.91 Å². The summed E-state index contributed by atoms with van der Waals surface area (Å²) >= 11 is 0. The maximum absolute atomic E-state index is 14.3. The Bertz CT molecular complexity index is 1310. The largest absolute Gasteiger partial charge is 0.508 e. The molecule has 3 aliphatic rings. The van der Waals surface area contributed by atoms with Gasteiger partial charge < -0.3 is 29.7 Å². The maximum atomic E-state index is 14.3. The Kier molecular flexibility index (Phi) is 6.64. The summed E-state index contributed by atoms with van der Waals surface area (Å²) in [7, 11) is 0. The molecule has 0 radical (unpaired) electrons. The molecule has 208 valence electrons. The smallest absolute Gasteiger partial charge is 0.482 e. The van der Waals surface area contributed by atoms with Crippen molar-refractivity contribution in [3.8, 4) is 11.5 Å². The SMILES string of the molecule is CC(C)(C)OC(=O)N1CC[C@H](c2cccc(O)c2)[C@@H](C(=O)N(c2ccc3c(c2)NC(=O)C(F)(F)O3)C2CC2)C1. The van der Waals surface area contributed by atoms with E-state index in [0.717, 1.165) is 18.4 Å². The molecule has 2 aliphatic heterocycles. The van der Waals surface area contributed by atoms with E-state index in [0.29, 0.717) is 18.7 Å². The van der Waals surface area contributed by atoms with Crippen LogP contribution in [0.2, 0.25) is 0 Å². The van der Waals surface area contributed by atoms with Crippen LogP contribution in [-0.2, 0) is 14.3 Å². The highest BCUT2D eigenvalue weighted by Gasteiger charge is 2.47. The molecular weight excluding hydrogens is 512 g/mol. The normalized spacial score (nSPS) is 22.3. The van der Waals surface area contributed by atoms with Gasteiger partial charge in [-0.05, 0) is 81.8 Å². The number of nitrogens with one attached hydrogen (secondary N) is 1. The second-order valence-corrected chi connectivity index (χ2v) is 11.2. The van der Waals surface area contributed by atoms with Gasteiger partial charge >= 0.3 is 18.1 Å². The Hall–Kier alpha value is -3.89. The van der Waals surface area contributed by atoms with Gasteiger partial charge in [-0.3, -0.25) is 9.59 Å². The molecule has 2 aromatic rings. The number of phenols is 1. The number of anilines is 2. The van der Waals surface area contributed by atoms with Crippen molar-refractivity contribution in [1.82, 2.24) is 4.90 Å². The number of fused-ring (bicyclic) bond motifs is 1. The predicted octanol–water partition coefficient (Wildman–Crippen LogP) is 4.85. The molecule has 1 aliphatic carbocycles. The molecule has 2 N–H and O–H groups in total.